The zero-order valence-electron chi connectivity index (χ0n) is 17.2. The normalized spacial score (nSPS) is 11.3. The molecule has 0 radical (unpaired) electrons. The van der Waals surface area contributed by atoms with Crippen molar-refractivity contribution in [3.8, 4) is 5.75 Å². The number of methoxy groups -OCH3 is 1. The fourth-order valence-electron chi connectivity index (χ4n) is 3.20. The molecule has 0 aliphatic rings. The van der Waals surface area contributed by atoms with Crippen LogP contribution >= 0.6 is 27.3 Å². The van der Waals surface area contributed by atoms with Gasteiger partial charge in [-0.05, 0) is 72.1 Å². The fraction of sp³-hybridized carbons (Fsp3) is 0.304. The van der Waals surface area contributed by atoms with Gasteiger partial charge in [-0.3, -0.25) is 9.48 Å². The van der Waals surface area contributed by atoms with Crippen LogP contribution in [-0.2, 0) is 13.0 Å². The van der Waals surface area contributed by atoms with Crippen LogP contribution in [0.4, 0.5) is 0 Å². The summed E-state index contributed by atoms with van der Waals surface area (Å²) in [5.41, 5.74) is 4.08. The van der Waals surface area contributed by atoms with Gasteiger partial charge in [-0.15, -0.1) is 11.3 Å². The molecule has 0 unspecified atom stereocenters. The van der Waals surface area contributed by atoms with Crippen molar-refractivity contribution in [3.63, 3.8) is 0 Å². The number of aryl methyl sites for hydroxylation is 3. The van der Waals surface area contributed by atoms with Gasteiger partial charge in [0.05, 0.1) is 24.2 Å². The Kier molecular flexibility index (Phi) is 7.09. The van der Waals surface area contributed by atoms with Crippen LogP contribution in [0.5, 0.6) is 5.75 Å². The first-order valence-corrected chi connectivity index (χ1v) is 11.2. The highest BCUT2D eigenvalue weighted by Gasteiger charge is 2.11. The number of aromatic nitrogens is 2. The van der Waals surface area contributed by atoms with Crippen molar-refractivity contribution in [1.29, 1.82) is 0 Å². The lowest BCUT2D eigenvalue weighted by molar-refractivity contribution is 0.105. The minimum absolute atomic E-state index is 0.0222. The smallest absolute Gasteiger partial charge is 0.195 e. The number of hydrogen-bond donors (Lipinski definition) is 0. The SMILES string of the molecule is CCCc1sc(C(=O)/C=C/c2ccc(OC)c(Cn3nc(C)cc3C)c2)cc1Br. The Morgan fingerprint density at radius 3 is 2.72 bits per heavy atom. The Balaban J connectivity index is 1.81. The van der Waals surface area contributed by atoms with Gasteiger partial charge in [0.25, 0.3) is 0 Å². The highest BCUT2D eigenvalue weighted by molar-refractivity contribution is 9.10. The van der Waals surface area contributed by atoms with E-state index in [4.69, 9.17) is 4.74 Å². The number of rotatable bonds is 8. The third-order valence-electron chi connectivity index (χ3n) is 4.63. The van der Waals surface area contributed by atoms with Crippen molar-refractivity contribution in [1.82, 2.24) is 9.78 Å². The second-order valence-electron chi connectivity index (χ2n) is 6.99. The summed E-state index contributed by atoms with van der Waals surface area (Å²) in [6.45, 7) is 6.79. The standard InChI is InChI=1S/C23H25BrN2O2S/c1-5-6-22-19(24)13-23(29-22)20(27)9-7-17-8-10-21(28-4)18(12-17)14-26-16(3)11-15(2)25-26/h7-13H,5-6,14H2,1-4H3/b9-7+. The third-order valence-corrected chi connectivity index (χ3v) is 6.81. The summed E-state index contributed by atoms with van der Waals surface area (Å²) >= 11 is 5.12. The van der Waals surface area contributed by atoms with E-state index >= 15 is 0 Å². The third kappa shape index (κ3) is 5.25. The summed E-state index contributed by atoms with van der Waals surface area (Å²) in [6.07, 6.45) is 5.55. The number of nitrogens with zero attached hydrogens (tertiary/aromatic N) is 2. The van der Waals surface area contributed by atoms with Crippen LogP contribution in [0.2, 0.25) is 0 Å². The molecule has 0 saturated carbocycles. The minimum Gasteiger partial charge on any atom is -0.496 e. The van der Waals surface area contributed by atoms with E-state index in [1.807, 2.05) is 48.9 Å². The molecule has 2 aromatic heterocycles. The number of allylic oxidation sites excluding steroid dienone is 1. The van der Waals surface area contributed by atoms with Gasteiger partial charge >= 0.3 is 0 Å². The first-order chi connectivity index (χ1) is 13.9. The predicted octanol–water partition coefficient (Wildman–Crippen LogP) is 6.23. The number of ketones is 1. The predicted molar refractivity (Wildman–Crippen MR) is 123 cm³/mol. The van der Waals surface area contributed by atoms with Crippen molar-refractivity contribution < 1.29 is 9.53 Å². The van der Waals surface area contributed by atoms with E-state index in [0.717, 1.165) is 50.5 Å². The molecule has 152 valence electrons. The molecule has 0 atom stereocenters. The van der Waals surface area contributed by atoms with Crippen LogP contribution in [0.1, 0.15) is 50.4 Å². The van der Waals surface area contributed by atoms with Crippen molar-refractivity contribution in [2.75, 3.05) is 7.11 Å². The second-order valence-corrected chi connectivity index (χ2v) is 8.98. The highest BCUT2D eigenvalue weighted by Crippen LogP contribution is 2.29. The summed E-state index contributed by atoms with van der Waals surface area (Å²) in [4.78, 5) is 14.6. The van der Waals surface area contributed by atoms with E-state index < -0.39 is 0 Å². The van der Waals surface area contributed by atoms with Crippen LogP contribution in [0.15, 0.2) is 40.9 Å². The molecule has 3 aromatic rings. The van der Waals surface area contributed by atoms with Crippen molar-refractivity contribution in [2.24, 2.45) is 0 Å². The molecule has 29 heavy (non-hydrogen) atoms. The molecule has 3 rings (SSSR count). The number of benzene rings is 1. The molecule has 0 aliphatic carbocycles. The lowest BCUT2D eigenvalue weighted by Crippen LogP contribution is -2.05. The maximum absolute atomic E-state index is 12.6. The molecule has 0 spiro atoms. The average Bonchev–Trinajstić information content (AvgIpc) is 3.21. The number of ether oxygens (including phenoxy) is 1. The van der Waals surface area contributed by atoms with Crippen molar-refractivity contribution in [3.05, 3.63) is 73.1 Å². The molecule has 6 heteroatoms. The maximum atomic E-state index is 12.6. The van der Waals surface area contributed by atoms with Crippen molar-refractivity contribution >= 4 is 39.1 Å². The van der Waals surface area contributed by atoms with Gasteiger partial charge in [0.15, 0.2) is 5.78 Å². The van der Waals surface area contributed by atoms with E-state index in [2.05, 4.69) is 34.0 Å². The van der Waals surface area contributed by atoms with Gasteiger partial charge in [0.1, 0.15) is 5.75 Å². The topological polar surface area (TPSA) is 44.1 Å². The molecular weight excluding hydrogens is 448 g/mol. The molecule has 0 saturated heterocycles. The molecule has 0 aliphatic heterocycles. The van der Waals surface area contributed by atoms with Gasteiger partial charge in [0, 0.05) is 20.6 Å². The average molecular weight is 473 g/mol. The van der Waals surface area contributed by atoms with Crippen LogP contribution in [0, 0.1) is 13.8 Å². The van der Waals surface area contributed by atoms with Gasteiger partial charge in [-0.2, -0.15) is 5.10 Å². The summed E-state index contributed by atoms with van der Waals surface area (Å²) in [5.74, 6) is 0.835. The van der Waals surface area contributed by atoms with Crippen LogP contribution < -0.4 is 4.74 Å². The number of hydrogen-bond acceptors (Lipinski definition) is 4. The first-order valence-electron chi connectivity index (χ1n) is 9.59. The monoisotopic (exact) mass is 472 g/mol. The Labute approximate surface area is 184 Å². The Bertz CT molecular complexity index is 1050. The van der Waals surface area contributed by atoms with Gasteiger partial charge < -0.3 is 4.74 Å². The summed E-state index contributed by atoms with van der Waals surface area (Å²) in [5, 5.41) is 4.54. The lowest BCUT2D eigenvalue weighted by atomic mass is 10.1. The summed E-state index contributed by atoms with van der Waals surface area (Å²) in [7, 11) is 1.67. The largest absolute Gasteiger partial charge is 0.496 e. The Morgan fingerprint density at radius 2 is 2.07 bits per heavy atom. The molecular formula is C23H25BrN2O2S. The van der Waals surface area contributed by atoms with E-state index in [-0.39, 0.29) is 5.78 Å². The minimum atomic E-state index is 0.0222. The molecule has 0 bridgehead atoms. The van der Waals surface area contributed by atoms with E-state index in [1.165, 1.54) is 4.88 Å². The zero-order valence-corrected chi connectivity index (χ0v) is 19.6. The fourth-order valence-corrected chi connectivity index (χ4v) is 5.10. The van der Waals surface area contributed by atoms with Crippen LogP contribution in [0.25, 0.3) is 6.08 Å². The van der Waals surface area contributed by atoms with E-state index in [9.17, 15) is 4.79 Å². The lowest BCUT2D eigenvalue weighted by Gasteiger charge is -2.11. The summed E-state index contributed by atoms with van der Waals surface area (Å²) < 4.78 is 8.51. The van der Waals surface area contributed by atoms with E-state index in [1.54, 1.807) is 24.5 Å². The molecule has 0 amide bonds. The van der Waals surface area contributed by atoms with Crippen LogP contribution in [-0.4, -0.2) is 22.7 Å². The molecule has 1 aromatic carbocycles. The Hall–Kier alpha value is -2.18. The number of carbonyl (C=O) groups is 1. The zero-order chi connectivity index (χ0) is 21.0. The van der Waals surface area contributed by atoms with Crippen LogP contribution in [0.3, 0.4) is 0 Å². The highest BCUT2D eigenvalue weighted by atomic mass is 79.9. The maximum Gasteiger partial charge on any atom is 0.195 e. The van der Waals surface area contributed by atoms with Gasteiger partial charge in [-0.1, -0.05) is 25.5 Å². The molecule has 0 N–H and O–H groups in total. The number of halogens is 1. The number of thiophene rings is 1. The second kappa shape index (κ2) is 9.55. The van der Waals surface area contributed by atoms with Crippen molar-refractivity contribution in [2.45, 2.75) is 40.2 Å². The first kappa shape index (κ1) is 21.5. The number of carbonyl (C=O) groups excluding carboxylic acids is 1. The van der Waals surface area contributed by atoms with Gasteiger partial charge in [0.2, 0.25) is 0 Å². The summed E-state index contributed by atoms with van der Waals surface area (Å²) in [6, 6.07) is 9.92. The molecule has 0 fully saturated rings. The molecule has 4 nitrogen and oxygen atoms in total. The molecule has 2 heterocycles. The quantitative estimate of drug-likeness (QED) is 0.288. The van der Waals surface area contributed by atoms with Gasteiger partial charge in [-0.25, -0.2) is 0 Å². The Morgan fingerprint density at radius 1 is 1.28 bits per heavy atom. The van der Waals surface area contributed by atoms with E-state index in [0.29, 0.717) is 6.54 Å².